The Morgan fingerprint density at radius 1 is 1.44 bits per heavy atom. The predicted molar refractivity (Wildman–Crippen MR) is 66.6 cm³/mol. The van der Waals surface area contributed by atoms with Crippen LogP contribution < -0.4 is 5.32 Å². The average molecular weight is 236 g/mol. The molecule has 3 nitrogen and oxygen atoms in total. The van der Waals surface area contributed by atoms with Crippen molar-refractivity contribution < 1.29 is 4.42 Å². The van der Waals surface area contributed by atoms with Crippen LogP contribution in [0, 0.1) is 0 Å². The van der Waals surface area contributed by atoms with E-state index in [4.69, 9.17) is 4.42 Å². The molecule has 0 aliphatic rings. The zero-order chi connectivity index (χ0) is 11.4. The first-order valence-corrected chi connectivity index (χ1v) is 6.44. The Labute approximate surface area is 99.5 Å². The maximum Gasteiger partial charge on any atom is 0.181 e. The third-order valence-corrected chi connectivity index (χ3v) is 3.47. The van der Waals surface area contributed by atoms with E-state index >= 15 is 0 Å². The smallest absolute Gasteiger partial charge is 0.181 e. The van der Waals surface area contributed by atoms with Gasteiger partial charge in [-0.15, -0.1) is 11.3 Å². The number of oxazole rings is 1. The molecule has 86 valence electrons. The number of hydrogen-bond acceptors (Lipinski definition) is 4. The third kappa shape index (κ3) is 2.18. The summed E-state index contributed by atoms with van der Waals surface area (Å²) >= 11 is 1.72. The highest BCUT2D eigenvalue weighted by atomic mass is 32.1. The lowest BCUT2D eigenvalue weighted by Gasteiger charge is -2.01. The number of nitrogens with zero attached hydrogens (tertiary/aromatic N) is 1. The predicted octanol–water partition coefficient (Wildman–Crippen LogP) is 3.08. The van der Waals surface area contributed by atoms with Gasteiger partial charge in [0.2, 0.25) is 0 Å². The zero-order valence-electron chi connectivity index (χ0n) is 9.62. The van der Waals surface area contributed by atoms with Crippen LogP contribution in [0.3, 0.4) is 0 Å². The summed E-state index contributed by atoms with van der Waals surface area (Å²) < 4.78 is 5.51. The number of nitrogens with one attached hydrogen (secondary N) is 1. The van der Waals surface area contributed by atoms with Gasteiger partial charge in [-0.05, 0) is 30.0 Å². The average Bonchev–Trinajstić information content (AvgIpc) is 2.93. The van der Waals surface area contributed by atoms with E-state index in [1.807, 2.05) is 0 Å². The first-order valence-electron chi connectivity index (χ1n) is 5.56. The fourth-order valence-corrected chi connectivity index (χ4v) is 2.64. The number of aryl methyl sites for hydroxylation is 1. The van der Waals surface area contributed by atoms with Crippen molar-refractivity contribution in [2.24, 2.45) is 0 Å². The van der Waals surface area contributed by atoms with E-state index in [2.05, 4.69) is 35.6 Å². The minimum absolute atomic E-state index is 0.767. The van der Waals surface area contributed by atoms with E-state index in [0.29, 0.717) is 0 Å². The molecule has 0 radical (unpaired) electrons. The van der Waals surface area contributed by atoms with E-state index in [-0.39, 0.29) is 0 Å². The van der Waals surface area contributed by atoms with Crippen molar-refractivity contribution in [2.75, 3.05) is 6.54 Å². The molecular formula is C12H16N2OS. The molecule has 0 spiro atoms. The van der Waals surface area contributed by atoms with E-state index < -0.39 is 0 Å². The zero-order valence-corrected chi connectivity index (χ0v) is 10.4. The Morgan fingerprint density at radius 2 is 2.31 bits per heavy atom. The van der Waals surface area contributed by atoms with Crippen LogP contribution in [-0.2, 0) is 13.0 Å². The molecule has 4 heteroatoms. The highest BCUT2D eigenvalue weighted by Gasteiger charge is 2.14. The Morgan fingerprint density at radius 3 is 3.06 bits per heavy atom. The highest BCUT2D eigenvalue weighted by molar-refractivity contribution is 7.13. The number of aromatic nitrogens is 1. The summed E-state index contributed by atoms with van der Waals surface area (Å²) in [5.41, 5.74) is 2.33. The third-order valence-electron chi connectivity index (χ3n) is 2.52. The van der Waals surface area contributed by atoms with Gasteiger partial charge in [-0.25, -0.2) is 4.98 Å². The van der Waals surface area contributed by atoms with Crippen LogP contribution in [0.1, 0.15) is 25.1 Å². The molecule has 0 aliphatic carbocycles. The summed E-state index contributed by atoms with van der Waals surface area (Å²) in [4.78, 5) is 5.48. The molecule has 0 saturated heterocycles. The largest absolute Gasteiger partial charge is 0.442 e. The van der Waals surface area contributed by atoms with E-state index in [1.165, 1.54) is 16.8 Å². The molecule has 0 saturated carbocycles. The van der Waals surface area contributed by atoms with Gasteiger partial charge in [0.1, 0.15) is 5.69 Å². The maximum atomic E-state index is 5.51. The van der Waals surface area contributed by atoms with Gasteiger partial charge in [-0.3, -0.25) is 0 Å². The summed E-state index contributed by atoms with van der Waals surface area (Å²) in [5.74, 6) is 0.924. The second-order valence-corrected chi connectivity index (χ2v) is 4.45. The van der Waals surface area contributed by atoms with Crippen molar-refractivity contribution in [2.45, 2.75) is 26.8 Å². The van der Waals surface area contributed by atoms with Gasteiger partial charge in [0, 0.05) is 6.54 Å². The van der Waals surface area contributed by atoms with Crippen molar-refractivity contribution in [1.29, 1.82) is 0 Å². The van der Waals surface area contributed by atoms with Crippen molar-refractivity contribution in [3.63, 3.8) is 0 Å². The number of thiophene rings is 1. The molecule has 0 bridgehead atoms. The van der Waals surface area contributed by atoms with Crippen LogP contribution in [0.15, 0.2) is 22.3 Å². The van der Waals surface area contributed by atoms with E-state index in [9.17, 15) is 0 Å². The van der Waals surface area contributed by atoms with Crippen molar-refractivity contribution in [3.05, 3.63) is 29.1 Å². The van der Waals surface area contributed by atoms with Crippen LogP contribution in [0.4, 0.5) is 0 Å². The lowest BCUT2D eigenvalue weighted by Crippen LogP contribution is -2.12. The van der Waals surface area contributed by atoms with Crippen LogP contribution in [0.5, 0.6) is 0 Å². The normalized spacial score (nSPS) is 10.9. The first-order chi connectivity index (χ1) is 7.86. The molecule has 2 aromatic rings. The summed E-state index contributed by atoms with van der Waals surface area (Å²) in [6, 6.07) is 2.15. The number of hydrogen-bond donors (Lipinski definition) is 1. The maximum absolute atomic E-state index is 5.51. The summed E-state index contributed by atoms with van der Waals surface area (Å²) in [7, 11) is 0. The Hall–Kier alpha value is -1.13. The SMILES string of the molecule is CCNCc1ncoc1-c1sccc1CC. The molecule has 2 heterocycles. The van der Waals surface area contributed by atoms with Crippen LogP contribution in [0.25, 0.3) is 10.6 Å². The van der Waals surface area contributed by atoms with Gasteiger partial charge in [0.15, 0.2) is 12.2 Å². The lowest BCUT2D eigenvalue weighted by atomic mass is 10.1. The van der Waals surface area contributed by atoms with Crippen molar-refractivity contribution >= 4 is 11.3 Å². The Balaban J connectivity index is 2.29. The highest BCUT2D eigenvalue weighted by Crippen LogP contribution is 2.32. The molecule has 2 aromatic heterocycles. The first kappa shape index (κ1) is 11.4. The monoisotopic (exact) mass is 236 g/mol. The van der Waals surface area contributed by atoms with E-state index in [1.54, 1.807) is 11.3 Å². The fraction of sp³-hybridized carbons (Fsp3) is 0.417. The van der Waals surface area contributed by atoms with Gasteiger partial charge in [-0.2, -0.15) is 0 Å². The number of rotatable bonds is 5. The van der Waals surface area contributed by atoms with Crippen molar-refractivity contribution in [3.8, 4) is 10.6 Å². The lowest BCUT2D eigenvalue weighted by molar-refractivity contribution is 0.570. The molecule has 0 unspecified atom stereocenters. The summed E-state index contributed by atoms with van der Waals surface area (Å²) in [6.07, 6.45) is 2.56. The molecule has 2 rings (SSSR count). The topological polar surface area (TPSA) is 38.1 Å². The molecule has 0 aliphatic heterocycles. The molecular weight excluding hydrogens is 220 g/mol. The molecule has 0 amide bonds. The standard InChI is InChI=1S/C12H16N2OS/c1-3-9-5-6-16-12(9)11-10(7-13-4-2)14-8-15-11/h5-6,8,13H,3-4,7H2,1-2H3. The Bertz CT molecular complexity index is 447. The Kier molecular flexibility index (Phi) is 3.74. The summed E-state index contributed by atoms with van der Waals surface area (Å²) in [5, 5.41) is 5.38. The van der Waals surface area contributed by atoms with Gasteiger partial charge in [-0.1, -0.05) is 13.8 Å². The second kappa shape index (κ2) is 5.27. The van der Waals surface area contributed by atoms with Gasteiger partial charge < -0.3 is 9.73 Å². The van der Waals surface area contributed by atoms with Crippen molar-refractivity contribution in [1.82, 2.24) is 10.3 Å². The molecule has 0 fully saturated rings. The van der Waals surface area contributed by atoms with Gasteiger partial charge in [0.25, 0.3) is 0 Å². The minimum Gasteiger partial charge on any atom is -0.442 e. The molecule has 0 aromatic carbocycles. The molecule has 16 heavy (non-hydrogen) atoms. The minimum atomic E-state index is 0.767. The molecule has 0 atom stereocenters. The summed E-state index contributed by atoms with van der Waals surface area (Å²) in [6.45, 7) is 5.95. The second-order valence-electron chi connectivity index (χ2n) is 3.54. The molecule has 1 N–H and O–H groups in total. The van der Waals surface area contributed by atoms with E-state index in [0.717, 1.165) is 31.0 Å². The van der Waals surface area contributed by atoms with Crippen LogP contribution in [-0.4, -0.2) is 11.5 Å². The van der Waals surface area contributed by atoms with Gasteiger partial charge in [0.05, 0.1) is 4.88 Å². The fourth-order valence-electron chi connectivity index (χ4n) is 1.64. The van der Waals surface area contributed by atoms with Gasteiger partial charge >= 0.3 is 0 Å². The van der Waals surface area contributed by atoms with Crippen LogP contribution in [0.2, 0.25) is 0 Å². The quantitative estimate of drug-likeness (QED) is 0.867. The van der Waals surface area contributed by atoms with Crippen LogP contribution >= 0.6 is 11.3 Å².